The zero-order valence-corrected chi connectivity index (χ0v) is 18.0. The molecule has 2 N–H and O–H groups in total. The van der Waals surface area contributed by atoms with Crippen LogP contribution in [0.15, 0.2) is 24.3 Å². The fourth-order valence-corrected chi connectivity index (χ4v) is 6.54. The molecule has 4 aliphatic rings. The third kappa shape index (κ3) is 3.85. The van der Waals surface area contributed by atoms with E-state index in [0.29, 0.717) is 36.9 Å². The highest BCUT2D eigenvalue weighted by Gasteiger charge is 2.48. The van der Waals surface area contributed by atoms with Gasteiger partial charge < -0.3 is 20.1 Å². The second-order valence-corrected chi connectivity index (χ2v) is 9.77. The molecule has 1 aromatic rings. The molecule has 4 saturated heterocycles. The molecule has 30 heavy (non-hydrogen) atoms. The van der Waals surface area contributed by atoms with E-state index in [1.165, 1.54) is 37.8 Å². The smallest absolute Gasteiger partial charge is 0.239 e. The fraction of sp³-hybridized carbons (Fsp3) is 0.708. The zero-order valence-electron chi connectivity index (χ0n) is 18.0. The Kier molecular flexibility index (Phi) is 5.73. The first-order chi connectivity index (χ1) is 14.6. The molecule has 0 radical (unpaired) electrons. The summed E-state index contributed by atoms with van der Waals surface area (Å²) in [5, 5.41) is 13.1. The maximum absolute atomic E-state index is 13.2. The van der Waals surface area contributed by atoms with Gasteiger partial charge in [-0.3, -0.25) is 9.69 Å². The molecule has 4 aliphatic heterocycles. The molecule has 1 aromatic carbocycles. The number of hydrogen-bond donors (Lipinski definition) is 2. The number of rotatable bonds is 4. The van der Waals surface area contributed by atoms with Crippen LogP contribution in [0.1, 0.15) is 37.7 Å². The quantitative estimate of drug-likeness (QED) is 0.786. The summed E-state index contributed by atoms with van der Waals surface area (Å²) in [5.74, 6) is 2.22. The Labute approximate surface area is 179 Å². The van der Waals surface area contributed by atoms with Gasteiger partial charge in [-0.2, -0.15) is 0 Å². The lowest BCUT2D eigenvalue weighted by Gasteiger charge is -2.57. The predicted molar refractivity (Wildman–Crippen MR) is 115 cm³/mol. The van der Waals surface area contributed by atoms with Crippen LogP contribution in [-0.4, -0.2) is 78.3 Å². The van der Waals surface area contributed by atoms with E-state index in [-0.39, 0.29) is 11.9 Å². The molecular weight excluding hydrogens is 378 g/mol. The molecule has 6 heteroatoms. The lowest BCUT2D eigenvalue weighted by Crippen LogP contribution is -2.65. The van der Waals surface area contributed by atoms with Crippen LogP contribution < -0.4 is 10.1 Å². The van der Waals surface area contributed by atoms with Crippen LogP contribution in [0.3, 0.4) is 0 Å². The summed E-state index contributed by atoms with van der Waals surface area (Å²) in [6.45, 7) is 3.46. The number of hydrogen-bond acceptors (Lipinski definition) is 5. The zero-order chi connectivity index (χ0) is 20.7. The third-order valence-electron chi connectivity index (χ3n) is 7.92. The molecule has 164 valence electrons. The first-order valence-corrected chi connectivity index (χ1v) is 11.7. The number of nitrogens with zero attached hydrogens (tertiary/aromatic N) is 2. The molecule has 4 fully saturated rings. The number of nitrogens with one attached hydrogen (secondary N) is 1. The van der Waals surface area contributed by atoms with Gasteiger partial charge in [-0.05, 0) is 68.2 Å². The van der Waals surface area contributed by atoms with E-state index >= 15 is 0 Å². The van der Waals surface area contributed by atoms with E-state index in [4.69, 9.17) is 4.74 Å². The highest BCUT2D eigenvalue weighted by Crippen LogP contribution is 2.42. The van der Waals surface area contributed by atoms with Gasteiger partial charge in [0.15, 0.2) is 0 Å². The van der Waals surface area contributed by atoms with Crippen molar-refractivity contribution in [2.75, 3.05) is 33.3 Å². The van der Waals surface area contributed by atoms with Crippen molar-refractivity contribution in [3.63, 3.8) is 0 Å². The summed E-state index contributed by atoms with van der Waals surface area (Å²) < 4.78 is 5.45. The van der Waals surface area contributed by atoms with E-state index in [9.17, 15) is 9.90 Å². The Balaban J connectivity index is 1.37. The molecule has 0 saturated carbocycles. The number of carbonyl (C=O) groups excluding carboxylic acids is 1. The first kappa shape index (κ1) is 20.3. The van der Waals surface area contributed by atoms with Crippen LogP contribution in [0.4, 0.5) is 0 Å². The Morgan fingerprint density at radius 1 is 1.23 bits per heavy atom. The van der Waals surface area contributed by atoms with E-state index < -0.39 is 6.10 Å². The summed E-state index contributed by atoms with van der Waals surface area (Å²) >= 11 is 0. The molecule has 0 aliphatic carbocycles. The molecule has 0 aromatic heterocycles. The molecule has 6 nitrogen and oxygen atoms in total. The van der Waals surface area contributed by atoms with Gasteiger partial charge in [0.2, 0.25) is 5.91 Å². The van der Waals surface area contributed by atoms with E-state index in [0.717, 1.165) is 25.3 Å². The monoisotopic (exact) mass is 413 g/mol. The molecule has 4 heterocycles. The Hall–Kier alpha value is -1.63. The Morgan fingerprint density at radius 2 is 2.10 bits per heavy atom. The number of methoxy groups -OCH3 is 1. The largest absolute Gasteiger partial charge is 0.497 e. The highest BCUT2D eigenvalue weighted by molar-refractivity contribution is 5.82. The van der Waals surface area contributed by atoms with Crippen LogP contribution in [-0.2, 0) is 11.2 Å². The van der Waals surface area contributed by atoms with Gasteiger partial charge in [0.25, 0.3) is 0 Å². The van der Waals surface area contributed by atoms with Crippen molar-refractivity contribution in [3.8, 4) is 5.75 Å². The van der Waals surface area contributed by atoms with Crippen molar-refractivity contribution in [2.45, 2.75) is 62.8 Å². The lowest BCUT2D eigenvalue weighted by molar-refractivity contribution is -0.142. The highest BCUT2D eigenvalue weighted by atomic mass is 16.5. The molecule has 1 amide bonds. The molecule has 2 bridgehead atoms. The van der Waals surface area contributed by atoms with Crippen LogP contribution in [0.25, 0.3) is 0 Å². The van der Waals surface area contributed by atoms with Crippen molar-refractivity contribution in [3.05, 3.63) is 29.8 Å². The van der Waals surface area contributed by atoms with Crippen molar-refractivity contribution in [1.29, 1.82) is 0 Å². The van der Waals surface area contributed by atoms with Gasteiger partial charge in [0.05, 0.1) is 19.3 Å². The number of likely N-dealkylation sites (tertiary alicyclic amines) is 1. The Bertz CT molecular complexity index is 772. The number of aliphatic hydroxyl groups excluding tert-OH is 1. The average molecular weight is 414 g/mol. The number of benzene rings is 1. The fourth-order valence-electron chi connectivity index (χ4n) is 6.54. The van der Waals surface area contributed by atoms with Crippen LogP contribution in [0.5, 0.6) is 5.75 Å². The number of β-amino-alcohol motifs (C(OH)–C–C–N with tert-alkyl or cyclic N) is 1. The van der Waals surface area contributed by atoms with Crippen LogP contribution in [0.2, 0.25) is 0 Å². The van der Waals surface area contributed by atoms with Crippen molar-refractivity contribution in [1.82, 2.24) is 15.1 Å². The summed E-state index contributed by atoms with van der Waals surface area (Å²) in [6.07, 6.45) is 6.27. The van der Waals surface area contributed by atoms with Gasteiger partial charge in [0.1, 0.15) is 5.75 Å². The summed E-state index contributed by atoms with van der Waals surface area (Å²) in [7, 11) is 1.73. The maximum Gasteiger partial charge on any atom is 0.239 e. The van der Waals surface area contributed by atoms with Crippen LogP contribution >= 0.6 is 0 Å². The number of carbonyl (C=O) groups is 1. The van der Waals surface area contributed by atoms with Gasteiger partial charge in [-0.15, -0.1) is 0 Å². The normalized spacial score (nSPS) is 36.4. The average Bonchev–Trinajstić information content (AvgIpc) is 3.22. The maximum atomic E-state index is 13.2. The summed E-state index contributed by atoms with van der Waals surface area (Å²) in [6, 6.07) is 9.34. The predicted octanol–water partition coefficient (Wildman–Crippen LogP) is 1.66. The second kappa shape index (κ2) is 8.48. The number of amides is 1. The minimum Gasteiger partial charge on any atom is -0.497 e. The standard InChI is InChI=1S/C24H35N3O3/c1-30-20-6-4-5-16(9-20)10-23-18-11-17(22-7-2-3-8-27(22)23)14-26(15-18)24(29)21-12-19(28)13-25-21/h4-6,9,17-19,21-23,25,28H,2-3,7-8,10-15H2,1H3/t17-,18+,19-,21-,22+,23+/m1/s1. The van der Waals surface area contributed by atoms with Gasteiger partial charge in [-0.25, -0.2) is 0 Å². The Morgan fingerprint density at radius 3 is 2.90 bits per heavy atom. The van der Waals surface area contributed by atoms with E-state index in [1.54, 1.807) is 7.11 Å². The topological polar surface area (TPSA) is 65.0 Å². The van der Waals surface area contributed by atoms with Crippen molar-refractivity contribution >= 4 is 5.91 Å². The van der Waals surface area contributed by atoms with Gasteiger partial charge in [0, 0.05) is 31.7 Å². The van der Waals surface area contributed by atoms with E-state index in [2.05, 4.69) is 33.3 Å². The van der Waals surface area contributed by atoms with Crippen LogP contribution in [0, 0.1) is 11.8 Å². The number of fused-ring (bicyclic) bond motifs is 4. The second-order valence-electron chi connectivity index (χ2n) is 9.77. The number of aliphatic hydroxyl groups is 1. The van der Waals surface area contributed by atoms with Gasteiger partial charge in [-0.1, -0.05) is 18.6 Å². The van der Waals surface area contributed by atoms with E-state index in [1.807, 2.05) is 6.07 Å². The lowest BCUT2D eigenvalue weighted by atomic mass is 9.71. The molecule has 0 spiro atoms. The number of piperidine rings is 3. The van der Waals surface area contributed by atoms with Crippen molar-refractivity contribution in [2.24, 2.45) is 11.8 Å². The summed E-state index contributed by atoms with van der Waals surface area (Å²) in [4.78, 5) is 18.1. The SMILES string of the molecule is COc1cccc(C[C@H]2[C@H]3C[C@H](CN(C(=O)[C@H]4C[C@@H](O)CN4)C3)[C@@H]3CCCCN32)c1. The minimum absolute atomic E-state index is 0.200. The van der Waals surface area contributed by atoms with Crippen molar-refractivity contribution < 1.29 is 14.6 Å². The molecular formula is C24H35N3O3. The third-order valence-corrected chi connectivity index (χ3v) is 7.92. The molecule has 6 atom stereocenters. The van der Waals surface area contributed by atoms with Gasteiger partial charge >= 0.3 is 0 Å². The summed E-state index contributed by atoms with van der Waals surface area (Å²) in [5.41, 5.74) is 1.33. The minimum atomic E-state index is -0.391. The number of ether oxygens (including phenoxy) is 1. The molecule has 0 unspecified atom stereocenters. The first-order valence-electron chi connectivity index (χ1n) is 11.7. The molecule has 5 rings (SSSR count).